The summed E-state index contributed by atoms with van der Waals surface area (Å²) in [6, 6.07) is 16.0. The van der Waals surface area contributed by atoms with Crippen LogP contribution < -0.4 is 9.47 Å². The number of rotatable bonds is 5. The number of hydrogen-bond donors (Lipinski definition) is 0. The second-order valence-corrected chi connectivity index (χ2v) is 8.23. The lowest BCUT2D eigenvalue weighted by Crippen LogP contribution is -2.28. The van der Waals surface area contributed by atoms with Gasteiger partial charge in [-0.25, -0.2) is 9.47 Å². The molecule has 0 bridgehead atoms. The smallest absolute Gasteiger partial charge is 0.237 e. The van der Waals surface area contributed by atoms with Crippen LogP contribution in [0, 0.1) is 0 Å². The predicted octanol–water partition coefficient (Wildman–Crippen LogP) is 5.77. The molecule has 2 aromatic carbocycles. The average molecular weight is 403 g/mol. The summed E-state index contributed by atoms with van der Waals surface area (Å²) < 4.78 is 40.9. The number of alkyl halides is 3. The lowest BCUT2D eigenvalue weighted by atomic mass is 10.1. The van der Waals surface area contributed by atoms with Crippen LogP contribution in [-0.2, 0) is 25.7 Å². The molecule has 1 aliphatic rings. The van der Waals surface area contributed by atoms with Crippen LogP contribution in [0.3, 0.4) is 0 Å². The van der Waals surface area contributed by atoms with Gasteiger partial charge < -0.3 is 0 Å². The third kappa shape index (κ3) is 3.78. The van der Waals surface area contributed by atoms with Gasteiger partial charge >= 0.3 is 11.3 Å². The van der Waals surface area contributed by atoms with Crippen LogP contribution in [0.25, 0.3) is 0 Å². The van der Waals surface area contributed by atoms with Crippen LogP contribution in [0.5, 0.6) is 0 Å². The van der Waals surface area contributed by atoms with Crippen molar-refractivity contribution in [1.29, 1.82) is 0 Å². The molecule has 1 aliphatic heterocycles. The molecule has 0 saturated heterocycles. The summed E-state index contributed by atoms with van der Waals surface area (Å²) in [5.74, 6) is 0. The van der Waals surface area contributed by atoms with Crippen LogP contribution in [-0.4, -0.2) is 0 Å². The number of nitrogens with zero attached hydrogens (tertiary/aromatic N) is 2. The SMILES string of the molecule is CCCc1c[n+]2c(s1)N(Cc1ccc(C(F)(F)F)cc1)C(c1ccccc1)C2. The molecule has 28 heavy (non-hydrogen) atoms. The summed E-state index contributed by atoms with van der Waals surface area (Å²) in [7, 11) is 0. The second-order valence-electron chi connectivity index (χ2n) is 7.13. The summed E-state index contributed by atoms with van der Waals surface area (Å²) in [5, 5.41) is 1.18. The first kappa shape index (κ1) is 19.0. The van der Waals surface area contributed by atoms with Crippen LogP contribution in [0.1, 0.15) is 41.0 Å². The Morgan fingerprint density at radius 3 is 2.43 bits per heavy atom. The fraction of sp³-hybridized carbons (Fsp3) is 0.318. The van der Waals surface area contributed by atoms with Gasteiger partial charge in [-0.3, -0.25) is 0 Å². The molecule has 3 aromatic rings. The topological polar surface area (TPSA) is 7.12 Å². The Labute approximate surface area is 166 Å². The molecule has 0 N–H and O–H groups in total. The number of fused-ring (bicyclic) bond motifs is 1. The Kier molecular flexibility index (Phi) is 5.15. The van der Waals surface area contributed by atoms with E-state index in [0.29, 0.717) is 6.54 Å². The molecule has 0 saturated carbocycles. The molecule has 146 valence electrons. The van der Waals surface area contributed by atoms with Gasteiger partial charge in [-0.05, 0) is 24.1 Å². The first-order valence-corrected chi connectivity index (χ1v) is 10.3. The third-order valence-electron chi connectivity index (χ3n) is 5.07. The maximum atomic E-state index is 12.9. The van der Waals surface area contributed by atoms with Gasteiger partial charge in [0, 0.05) is 5.56 Å². The van der Waals surface area contributed by atoms with Gasteiger partial charge in [0.25, 0.3) is 0 Å². The quantitative estimate of drug-likeness (QED) is 0.491. The highest BCUT2D eigenvalue weighted by Crippen LogP contribution is 2.37. The Morgan fingerprint density at radius 2 is 1.79 bits per heavy atom. The van der Waals surface area contributed by atoms with Crippen molar-refractivity contribution in [2.24, 2.45) is 0 Å². The number of hydrogen-bond acceptors (Lipinski definition) is 2. The van der Waals surface area contributed by atoms with E-state index >= 15 is 0 Å². The molecule has 1 atom stereocenters. The van der Waals surface area contributed by atoms with Crippen molar-refractivity contribution in [3.8, 4) is 0 Å². The number of aromatic nitrogens is 1. The summed E-state index contributed by atoms with van der Waals surface area (Å²) in [6.45, 7) is 3.62. The molecule has 1 aromatic heterocycles. The van der Waals surface area contributed by atoms with Crippen molar-refractivity contribution in [2.45, 2.75) is 45.1 Å². The van der Waals surface area contributed by atoms with Crippen LogP contribution in [0.2, 0.25) is 0 Å². The third-order valence-corrected chi connectivity index (χ3v) is 6.30. The molecule has 2 heterocycles. The molecule has 6 heteroatoms. The van der Waals surface area contributed by atoms with E-state index in [1.165, 1.54) is 27.7 Å². The van der Waals surface area contributed by atoms with Crippen LogP contribution in [0.15, 0.2) is 60.8 Å². The number of aryl methyl sites for hydroxylation is 1. The molecule has 1 unspecified atom stereocenters. The predicted molar refractivity (Wildman–Crippen MR) is 105 cm³/mol. The van der Waals surface area contributed by atoms with Crippen molar-refractivity contribution in [2.75, 3.05) is 4.90 Å². The Bertz CT molecular complexity index is 933. The summed E-state index contributed by atoms with van der Waals surface area (Å²) in [4.78, 5) is 3.67. The molecular formula is C22H22F3N2S+. The van der Waals surface area contributed by atoms with Gasteiger partial charge in [-0.1, -0.05) is 67.1 Å². The zero-order chi connectivity index (χ0) is 19.7. The lowest BCUT2D eigenvalue weighted by Gasteiger charge is -2.19. The lowest BCUT2D eigenvalue weighted by molar-refractivity contribution is -0.670. The van der Waals surface area contributed by atoms with Crippen molar-refractivity contribution < 1.29 is 17.7 Å². The molecule has 0 radical (unpaired) electrons. The number of benzene rings is 2. The van der Waals surface area contributed by atoms with Gasteiger partial charge in [-0.15, -0.1) is 0 Å². The summed E-state index contributed by atoms with van der Waals surface area (Å²) in [5.41, 5.74) is 1.50. The normalized spacial score (nSPS) is 16.4. The standard InChI is InChI=1S/C22H22F3N2S/c1-2-6-19-14-26-15-20(17-7-4-3-5-8-17)27(21(26)28-19)13-16-9-11-18(12-10-16)22(23,24)25/h3-5,7-12,14,20H,2,6,13,15H2,1H3/q+1. The van der Waals surface area contributed by atoms with Gasteiger partial charge in [0.05, 0.1) is 10.4 Å². The largest absolute Gasteiger partial charge is 0.416 e. The molecule has 0 fully saturated rings. The molecule has 0 spiro atoms. The van der Waals surface area contributed by atoms with Gasteiger partial charge in [-0.2, -0.15) is 13.2 Å². The fourth-order valence-electron chi connectivity index (χ4n) is 3.70. The number of anilines is 1. The maximum absolute atomic E-state index is 12.9. The molecular weight excluding hydrogens is 381 g/mol. The van der Waals surface area contributed by atoms with Crippen molar-refractivity contribution in [3.63, 3.8) is 0 Å². The monoisotopic (exact) mass is 403 g/mol. The highest BCUT2D eigenvalue weighted by Gasteiger charge is 2.40. The summed E-state index contributed by atoms with van der Waals surface area (Å²) in [6.07, 6.45) is 0.0759. The number of thiazole rings is 1. The zero-order valence-corrected chi connectivity index (χ0v) is 16.4. The van der Waals surface area contributed by atoms with E-state index in [9.17, 15) is 13.2 Å². The minimum atomic E-state index is -4.30. The Balaban J connectivity index is 1.64. The van der Waals surface area contributed by atoms with E-state index in [-0.39, 0.29) is 6.04 Å². The molecule has 2 nitrogen and oxygen atoms in total. The van der Waals surface area contributed by atoms with Gasteiger partial charge in [0.1, 0.15) is 19.3 Å². The molecule has 0 aliphatic carbocycles. The first-order valence-electron chi connectivity index (χ1n) is 9.45. The van der Waals surface area contributed by atoms with E-state index in [2.05, 4.69) is 34.7 Å². The Morgan fingerprint density at radius 1 is 1.07 bits per heavy atom. The molecule has 4 rings (SSSR count). The Hall–Kier alpha value is -2.34. The average Bonchev–Trinajstić information content (AvgIpc) is 3.21. The van der Waals surface area contributed by atoms with Crippen molar-refractivity contribution in [3.05, 3.63) is 82.4 Å². The van der Waals surface area contributed by atoms with E-state index in [1.807, 2.05) is 18.2 Å². The van der Waals surface area contributed by atoms with Crippen LogP contribution in [0.4, 0.5) is 18.3 Å². The van der Waals surface area contributed by atoms with Crippen LogP contribution >= 0.6 is 11.3 Å². The highest BCUT2D eigenvalue weighted by molar-refractivity contribution is 7.15. The fourth-order valence-corrected chi connectivity index (χ4v) is 4.97. The second kappa shape index (κ2) is 7.59. The number of halogens is 3. The van der Waals surface area contributed by atoms with E-state index in [1.54, 1.807) is 23.5 Å². The summed E-state index contributed by atoms with van der Waals surface area (Å²) >= 11 is 1.79. The van der Waals surface area contributed by atoms with Crippen molar-refractivity contribution >= 4 is 16.5 Å². The van der Waals surface area contributed by atoms with E-state index in [4.69, 9.17) is 0 Å². The van der Waals surface area contributed by atoms with E-state index in [0.717, 1.165) is 24.9 Å². The van der Waals surface area contributed by atoms with E-state index < -0.39 is 11.7 Å². The highest BCUT2D eigenvalue weighted by atomic mass is 32.1. The molecule has 0 amide bonds. The van der Waals surface area contributed by atoms with Gasteiger partial charge in [0.15, 0.2) is 6.04 Å². The first-order chi connectivity index (χ1) is 13.5. The zero-order valence-electron chi connectivity index (χ0n) is 15.6. The maximum Gasteiger partial charge on any atom is 0.416 e. The minimum Gasteiger partial charge on any atom is -0.237 e. The van der Waals surface area contributed by atoms with Crippen molar-refractivity contribution in [1.82, 2.24) is 0 Å². The van der Waals surface area contributed by atoms with Gasteiger partial charge in [0.2, 0.25) is 0 Å². The minimum absolute atomic E-state index is 0.186.